The zero-order valence-electron chi connectivity index (χ0n) is 14.8. The Kier molecular flexibility index (Phi) is 3.91. The third kappa shape index (κ3) is 2.76. The number of fused-ring (bicyclic) bond motifs is 3. The summed E-state index contributed by atoms with van der Waals surface area (Å²) in [5.74, 6) is 0.288. The molecule has 0 spiro atoms. The van der Waals surface area contributed by atoms with Gasteiger partial charge in [-0.05, 0) is 49.4 Å². The fourth-order valence-corrected chi connectivity index (χ4v) is 3.86. The van der Waals surface area contributed by atoms with Gasteiger partial charge in [-0.2, -0.15) is 5.10 Å². The normalized spacial score (nSPS) is 20.4. The van der Waals surface area contributed by atoms with Crippen molar-refractivity contribution in [2.45, 2.75) is 25.6 Å². The molecule has 0 aliphatic carbocycles. The minimum absolute atomic E-state index is 0.152. The first-order chi connectivity index (χ1) is 13.5. The van der Waals surface area contributed by atoms with Gasteiger partial charge in [-0.15, -0.1) is 0 Å². The molecule has 0 radical (unpaired) electrons. The summed E-state index contributed by atoms with van der Waals surface area (Å²) in [6, 6.07) is 12.7. The number of halogens is 3. The Bertz CT molecular complexity index is 1110. The topological polar surface area (TPSA) is 38.0 Å². The van der Waals surface area contributed by atoms with Gasteiger partial charge in [0.15, 0.2) is 11.6 Å². The molecule has 142 valence electrons. The Labute approximate surface area is 165 Å². The second kappa shape index (κ2) is 6.34. The Morgan fingerprint density at radius 2 is 1.93 bits per heavy atom. The van der Waals surface area contributed by atoms with E-state index in [1.165, 1.54) is 6.07 Å². The molecule has 2 unspecified atom stereocenters. The number of benzene rings is 2. The maximum Gasteiger partial charge on any atom is 0.213 e. The zero-order valence-corrected chi connectivity index (χ0v) is 15.6. The van der Waals surface area contributed by atoms with E-state index in [1.807, 2.05) is 25.1 Å². The minimum Gasteiger partial charge on any atom is -0.464 e. The van der Waals surface area contributed by atoms with Crippen molar-refractivity contribution < 1.29 is 17.9 Å². The number of ether oxygens (including phenoxy) is 1. The third-order valence-electron chi connectivity index (χ3n) is 5.01. The minimum atomic E-state index is -0.926. The van der Waals surface area contributed by atoms with Crippen molar-refractivity contribution >= 4 is 17.3 Å². The van der Waals surface area contributed by atoms with Gasteiger partial charge >= 0.3 is 0 Å². The average molecular weight is 401 g/mol. The van der Waals surface area contributed by atoms with E-state index in [4.69, 9.17) is 25.9 Å². The van der Waals surface area contributed by atoms with E-state index in [0.717, 1.165) is 29.2 Å². The monoisotopic (exact) mass is 400 g/mol. The van der Waals surface area contributed by atoms with Crippen LogP contribution in [-0.4, -0.2) is 10.7 Å². The quantitative estimate of drug-likeness (QED) is 0.548. The number of rotatable bonds is 2. The lowest BCUT2D eigenvalue weighted by Crippen LogP contribution is -2.33. The molecule has 4 nitrogen and oxygen atoms in total. The predicted octanol–water partition coefficient (Wildman–Crippen LogP) is 5.76. The van der Waals surface area contributed by atoms with E-state index in [0.29, 0.717) is 28.5 Å². The molecule has 0 saturated heterocycles. The van der Waals surface area contributed by atoms with Crippen LogP contribution in [0.2, 0.25) is 5.02 Å². The summed E-state index contributed by atoms with van der Waals surface area (Å²) in [5.41, 5.74) is 2.14. The molecule has 0 bridgehead atoms. The molecule has 1 aromatic heterocycles. The second-order valence-corrected chi connectivity index (χ2v) is 7.32. The maximum absolute atomic E-state index is 13.9. The van der Waals surface area contributed by atoms with Gasteiger partial charge in [-0.1, -0.05) is 17.7 Å². The van der Waals surface area contributed by atoms with E-state index in [1.54, 1.807) is 17.1 Å². The fourth-order valence-electron chi connectivity index (χ4n) is 3.68. The van der Waals surface area contributed by atoms with Crippen molar-refractivity contribution in [3.63, 3.8) is 0 Å². The zero-order chi connectivity index (χ0) is 19.4. The highest BCUT2D eigenvalue weighted by Gasteiger charge is 2.41. The van der Waals surface area contributed by atoms with Gasteiger partial charge in [0.25, 0.3) is 0 Å². The number of hydrogen-bond acceptors (Lipinski definition) is 4. The molecule has 0 amide bonds. The highest BCUT2D eigenvalue weighted by molar-refractivity contribution is 6.30. The molecule has 7 heteroatoms. The summed E-state index contributed by atoms with van der Waals surface area (Å²) in [5, 5.41) is 7.06. The highest BCUT2D eigenvalue weighted by atomic mass is 35.5. The van der Waals surface area contributed by atoms with Crippen molar-refractivity contribution in [2.75, 3.05) is 0 Å². The standard InChI is InChI=1S/C21H15ClF2N2O2/c1-11-2-6-20(27-11)17-10-18-14-9-13(22)4-7-19(14)28-21(26(18)25-17)12-3-5-15(23)16(24)8-12/h2-9,18,21H,10H2,1H3. The first-order valence-corrected chi connectivity index (χ1v) is 9.21. The number of hydrazone groups is 1. The van der Waals surface area contributed by atoms with Crippen LogP contribution in [0, 0.1) is 18.6 Å². The van der Waals surface area contributed by atoms with E-state index < -0.39 is 17.9 Å². The summed E-state index contributed by atoms with van der Waals surface area (Å²) in [7, 11) is 0. The summed E-state index contributed by atoms with van der Waals surface area (Å²) in [6.45, 7) is 1.87. The molecular formula is C21H15ClF2N2O2. The SMILES string of the molecule is Cc1ccc(C2=NN3C(C2)c2cc(Cl)ccc2OC3c2ccc(F)c(F)c2)o1. The van der Waals surface area contributed by atoms with E-state index in [2.05, 4.69) is 0 Å². The van der Waals surface area contributed by atoms with E-state index in [-0.39, 0.29) is 6.04 Å². The van der Waals surface area contributed by atoms with Gasteiger partial charge in [0.1, 0.15) is 23.0 Å². The van der Waals surface area contributed by atoms with E-state index >= 15 is 0 Å². The Morgan fingerprint density at radius 1 is 1.07 bits per heavy atom. The summed E-state index contributed by atoms with van der Waals surface area (Å²) >= 11 is 6.19. The third-order valence-corrected chi connectivity index (χ3v) is 5.24. The smallest absolute Gasteiger partial charge is 0.213 e. The predicted molar refractivity (Wildman–Crippen MR) is 100 cm³/mol. The van der Waals surface area contributed by atoms with Gasteiger partial charge in [0, 0.05) is 22.6 Å². The van der Waals surface area contributed by atoms with Gasteiger partial charge in [0.2, 0.25) is 6.23 Å². The molecule has 3 heterocycles. The van der Waals surface area contributed by atoms with Crippen LogP contribution in [0.5, 0.6) is 5.75 Å². The first-order valence-electron chi connectivity index (χ1n) is 8.83. The first kappa shape index (κ1) is 17.3. The Hall–Kier alpha value is -2.86. The van der Waals surface area contributed by atoms with E-state index in [9.17, 15) is 8.78 Å². The van der Waals surface area contributed by atoms with Crippen LogP contribution in [0.3, 0.4) is 0 Å². The van der Waals surface area contributed by atoms with Crippen molar-refractivity contribution in [1.82, 2.24) is 5.01 Å². The molecule has 3 aromatic rings. The van der Waals surface area contributed by atoms with Crippen molar-refractivity contribution in [3.8, 4) is 5.75 Å². The molecular weight excluding hydrogens is 386 g/mol. The Morgan fingerprint density at radius 3 is 2.68 bits per heavy atom. The number of aryl methyl sites for hydroxylation is 1. The van der Waals surface area contributed by atoms with Crippen LogP contribution < -0.4 is 4.74 Å². The summed E-state index contributed by atoms with van der Waals surface area (Å²) in [4.78, 5) is 0. The second-order valence-electron chi connectivity index (χ2n) is 6.88. The molecule has 2 aliphatic heterocycles. The molecule has 2 atom stereocenters. The highest BCUT2D eigenvalue weighted by Crippen LogP contribution is 2.48. The van der Waals surface area contributed by atoms with Gasteiger partial charge in [0.05, 0.1) is 6.04 Å². The molecule has 0 saturated carbocycles. The fraction of sp³-hybridized carbons (Fsp3) is 0.190. The van der Waals surface area contributed by atoms with Crippen LogP contribution in [0.4, 0.5) is 8.78 Å². The van der Waals surface area contributed by atoms with Crippen LogP contribution >= 0.6 is 11.6 Å². The van der Waals surface area contributed by atoms with Crippen molar-refractivity contribution in [3.05, 3.63) is 87.8 Å². The molecule has 28 heavy (non-hydrogen) atoms. The molecule has 0 fully saturated rings. The number of hydrogen-bond donors (Lipinski definition) is 0. The average Bonchev–Trinajstić information content (AvgIpc) is 3.30. The van der Waals surface area contributed by atoms with Gasteiger partial charge in [-0.3, -0.25) is 0 Å². The molecule has 0 N–H and O–H groups in total. The molecule has 2 aromatic carbocycles. The van der Waals surface area contributed by atoms with Crippen molar-refractivity contribution in [2.24, 2.45) is 5.10 Å². The largest absolute Gasteiger partial charge is 0.464 e. The van der Waals surface area contributed by atoms with Crippen LogP contribution in [-0.2, 0) is 0 Å². The van der Waals surface area contributed by atoms with Crippen molar-refractivity contribution in [1.29, 1.82) is 0 Å². The molecule has 2 aliphatic rings. The van der Waals surface area contributed by atoms with Crippen LogP contribution in [0.25, 0.3) is 0 Å². The summed E-state index contributed by atoms with van der Waals surface area (Å²) < 4.78 is 39.1. The summed E-state index contributed by atoms with van der Waals surface area (Å²) in [6.07, 6.45) is -0.105. The van der Waals surface area contributed by atoms with Crippen LogP contribution in [0.1, 0.15) is 41.3 Å². The van der Waals surface area contributed by atoms with Gasteiger partial charge in [-0.25, -0.2) is 13.8 Å². The number of furan rings is 1. The van der Waals surface area contributed by atoms with Crippen LogP contribution in [0.15, 0.2) is 58.0 Å². The maximum atomic E-state index is 13.9. The lowest BCUT2D eigenvalue weighted by atomic mass is 9.97. The lowest BCUT2D eigenvalue weighted by molar-refractivity contribution is -0.0192. The van der Waals surface area contributed by atoms with Gasteiger partial charge < -0.3 is 9.15 Å². The number of nitrogens with zero attached hydrogens (tertiary/aromatic N) is 2. The molecule has 5 rings (SSSR count). The lowest BCUT2D eigenvalue weighted by Gasteiger charge is -2.38. The Balaban J connectivity index is 1.62.